The highest BCUT2D eigenvalue weighted by Crippen LogP contribution is 2.40. The van der Waals surface area contributed by atoms with E-state index in [2.05, 4.69) is 29.7 Å². The summed E-state index contributed by atoms with van der Waals surface area (Å²) in [5.74, 6) is 0.639. The van der Waals surface area contributed by atoms with Gasteiger partial charge in [-0.15, -0.1) is 0 Å². The molecular weight excluding hydrogens is 364 g/mol. The van der Waals surface area contributed by atoms with Crippen molar-refractivity contribution in [1.29, 1.82) is 0 Å². The summed E-state index contributed by atoms with van der Waals surface area (Å²) in [5, 5.41) is 6.19. The first-order valence-corrected chi connectivity index (χ1v) is 9.37. The van der Waals surface area contributed by atoms with E-state index in [4.69, 9.17) is 16.3 Å². The summed E-state index contributed by atoms with van der Waals surface area (Å²) in [5.41, 5.74) is 4.42. The fourth-order valence-electron chi connectivity index (χ4n) is 3.22. The highest BCUT2D eigenvalue weighted by Gasteiger charge is 2.26. The number of halogens is 1. The summed E-state index contributed by atoms with van der Waals surface area (Å²) in [4.78, 5) is 22.7. The minimum absolute atomic E-state index is 0.0995. The average Bonchev–Trinajstić information content (AvgIpc) is 3.02. The Balaban J connectivity index is 1.64. The number of benzene rings is 2. The minimum Gasteiger partial charge on any atom is -0.487 e. The molecular formula is C21H23ClN2O3. The van der Waals surface area contributed by atoms with Crippen molar-refractivity contribution in [2.45, 2.75) is 32.8 Å². The van der Waals surface area contributed by atoms with Crippen LogP contribution in [0.1, 0.15) is 24.5 Å². The van der Waals surface area contributed by atoms with Gasteiger partial charge in [0.15, 0.2) is 0 Å². The van der Waals surface area contributed by atoms with E-state index in [0.717, 1.165) is 28.9 Å². The number of ether oxygens (including phenoxy) is 1. The van der Waals surface area contributed by atoms with Crippen LogP contribution in [0.3, 0.4) is 0 Å². The maximum atomic E-state index is 11.9. The van der Waals surface area contributed by atoms with Crippen molar-refractivity contribution in [3.63, 3.8) is 0 Å². The van der Waals surface area contributed by atoms with Gasteiger partial charge in [-0.3, -0.25) is 9.59 Å². The van der Waals surface area contributed by atoms with Gasteiger partial charge in [-0.1, -0.05) is 29.8 Å². The fraction of sp³-hybridized carbons (Fsp3) is 0.333. The Bertz CT molecular complexity index is 849. The van der Waals surface area contributed by atoms with E-state index in [9.17, 15) is 9.59 Å². The van der Waals surface area contributed by atoms with Crippen molar-refractivity contribution in [1.82, 2.24) is 10.6 Å². The molecule has 2 aromatic rings. The number of amides is 2. The number of hydrogen-bond donors (Lipinski definition) is 2. The Morgan fingerprint density at radius 1 is 1.19 bits per heavy atom. The third-order valence-electron chi connectivity index (χ3n) is 4.45. The molecule has 1 aliphatic heterocycles. The molecule has 2 aromatic carbocycles. The predicted octanol–water partition coefficient (Wildman–Crippen LogP) is 3.26. The van der Waals surface area contributed by atoms with Crippen LogP contribution in [-0.4, -0.2) is 31.0 Å². The van der Waals surface area contributed by atoms with E-state index in [0.29, 0.717) is 18.1 Å². The molecule has 2 amide bonds. The van der Waals surface area contributed by atoms with Gasteiger partial charge >= 0.3 is 0 Å². The second-order valence-electron chi connectivity index (χ2n) is 6.79. The monoisotopic (exact) mass is 386 g/mol. The lowest BCUT2D eigenvalue weighted by atomic mass is 9.98. The number of fused-ring (bicyclic) bond motifs is 1. The van der Waals surface area contributed by atoms with E-state index < -0.39 is 0 Å². The smallest absolute Gasteiger partial charge is 0.221 e. The molecule has 1 heterocycles. The molecule has 0 spiro atoms. The molecule has 5 nitrogen and oxygen atoms in total. The third-order valence-corrected chi connectivity index (χ3v) is 4.70. The standard InChI is InChI=1S/C21H23ClN2O3/c1-13-9-16-11-18(12-24-20(26)7-8-23-14(2)25)27-21(16)19(10-13)15-3-5-17(22)6-4-15/h3-6,9-10,18H,7-8,11-12H2,1-2H3,(H,23,25)(H,24,26). The molecule has 1 unspecified atom stereocenters. The van der Waals surface area contributed by atoms with Gasteiger partial charge in [0.05, 0.1) is 6.54 Å². The van der Waals surface area contributed by atoms with Crippen LogP contribution in [0.5, 0.6) is 5.75 Å². The summed E-state index contributed by atoms with van der Waals surface area (Å²) >= 11 is 6.00. The molecule has 1 aliphatic rings. The van der Waals surface area contributed by atoms with E-state index in [-0.39, 0.29) is 24.3 Å². The molecule has 6 heteroatoms. The maximum absolute atomic E-state index is 11.9. The molecule has 0 saturated carbocycles. The zero-order chi connectivity index (χ0) is 19.4. The Morgan fingerprint density at radius 3 is 2.63 bits per heavy atom. The number of hydrogen-bond acceptors (Lipinski definition) is 3. The lowest BCUT2D eigenvalue weighted by Crippen LogP contribution is -2.36. The van der Waals surface area contributed by atoms with Crippen LogP contribution in [0, 0.1) is 6.92 Å². The summed E-state index contributed by atoms with van der Waals surface area (Å²) in [6.07, 6.45) is 0.912. The van der Waals surface area contributed by atoms with Crippen molar-refractivity contribution in [2.24, 2.45) is 0 Å². The number of carbonyl (C=O) groups is 2. The first kappa shape index (κ1) is 19.2. The van der Waals surface area contributed by atoms with Crippen LogP contribution in [-0.2, 0) is 16.0 Å². The Morgan fingerprint density at radius 2 is 1.93 bits per heavy atom. The average molecular weight is 387 g/mol. The van der Waals surface area contributed by atoms with Gasteiger partial charge in [0.1, 0.15) is 11.9 Å². The van der Waals surface area contributed by atoms with Crippen molar-refractivity contribution in [2.75, 3.05) is 13.1 Å². The van der Waals surface area contributed by atoms with Gasteiger partial charge < -0.3 is 15.4 Å². The molecule has 1 atom stereocenters. The van der Waals surface area contributed by atoms with Crippen LogP contribution in [0.15, 0.2) is 36.4 Å². The molecule has 0 radical (unpaired) electrons. The number of rotatable bonds is 6. The van der Waals surface area contributed by atoms with E-state index in [1.165, 1.54) is 12.5 Å². The number of carbonyl (C=O) groups excluding carboxylic acids is 2. The molecule has 3 rings (SSSR count). The molecule has 0 bridgehead atoms. The van der Waals surface area contributed by atoms with E-state index in [1.807, 2.05) is 24.3 Å². The van der Waals surface area contributed by atoms with Crippen molar-refractivity contribution in [3.8, 4) is 16.9 Å². The minimum atomic E-state index is -0.137. The van der Waals surface area contributed by atoms with Gasteiger partial charge in [-0.25, -0.2) is 0 Å². The highest BCUT2D eigenvalue weighted by molar-refractivity contribution is 6.30. The van der Waals surface area contributed by atoms with Crippen LogP contribution in [0.2, 0.25) is 5.02 Å². The van der Waals surface area contributed by atoms with Crippen LogP contribution in [0.4, 0.5) is 0 Å². The van der Waals surface area contributed by atoms with Crippen LogP contribution < -0.4 is 15.4 Å². The van der Waals surface area contributed by atoms with Crippen LogP contribution >= 0.6 is 11.6 Å². The van der Waals surface area contributed by atoms with Crippen molar-refractivity contribution < 1.29 is 14.3 Å². The number of aryl methyl sites for hydroxylation is 1. The Kier molecular flexibility index (Phi) is 6.01. The van der Waals surface area contributed by atoms with Crippen molar-refractivity contribution >= 4 is 23.4 Å². The lowest BCUT2D eigenvalue weighted by Gasteiger charge is -2.14. The van der Waals surface area contributed by atoms with Gasteiger partial charge in [0.2, 0.25) is 11.8 Å². The number of nitrogens with one attached hydrogen (secondary N) is 2. The molecule has 2 N–H and O–H groups in total. The predicted molar refractivity (Wildman–Crippen MR) is 106 cm³/mol. The molecule has 27 heavy (non-hydrogen) atoms. The second-order valence-corrected chi connectivity index (χ2v) is 7.23. The van der Waals surface area contributed by atoms with Crippen molar-refractivity contribution in [3.05, 3.63) is 52.5 Å². The largest absolute Gasteiger partial charge is 0.487 e. The van der Waals surface area contributed by atoms with Crippen LogP contribution in [0.25, 0.3) is 11.1 Å². The summed E-state index contributed by atoms with van der Waals surface area (Å²) in [7, 11) is 0. The topological polar surface area (TPSA) is 67.4 Å². The first-order chi connectivity index (χ1) is 12.9. The SMILES string of the molecule is CC(=O)NCCC(=O)NCC1Cc2cc(C)cc(-c3ccc(Cl)cc3)c2O1. The maximum Gasteiger partial charge on any atom is 0.221 e. The summed E-state index contributed by atoms with van der Waals surface area (Å²) < 4.78 is 6.15. The van der Waals surface area contributed by atoms with E-state index >= 15 is 0 Å². The fourth-order valence-corrected chi connectivity index (χ4v) is 3.34. The van der Waals surface area contributed by atoms with Gasteiger partial charge in [0, 0.05) is 36.9 Å². The van der Waals surface area contributed by atoms with Gasteiger partial charge in [-0.2, -0.15) is 0 Å². The summed E-state index contributed by atoms with van der Waals surface area (Å²) in [6.45, 7) is 4.28. The molecule has 0 aliphatic carbocycles. The van der Waals surface area contributed by atoms with Gasteiger partial charge in [-0.05, 0) is 41.8 Å². The molecule has 0 fully saturated rings. The Labute approximate surface area is 164 Å². The Hall–Kier alpha value is -2.53. The normalized spacial score (nSPS) is 15.0. The zero-order valence-electron chi connectivity index (χ0n) is 15.5. The lowest BCUT2D eigenvalue weighted by molar-refractivity contribution is -0.121. The van der Waals surface area contributed by atoms with E-state index in [1.54, 1.807) is 0 Å². The third kappa shape index (κ3) is 5.01. The highest BCUT2D eigenvalue weighted by atomic mass is 35.5. The molecule has 0 aromatic heterocycles. The van der Waals surface area contributed by atoms with Gasteiger partial charge in [0.25, 0.3) is 0 Å². The summed E-state index contributed by atoms with van der Waals surface area (Å²) in [6, 6.07) is 11.9. The first-order valence-electron chi connectivity index (χ1n) is 8.99. The zero-order valence-corrected chi connectivity index (χ0v) is 16.2. The quantitative estimate of drug-likeness (QED) is 0.800. The molecule has 142 valence electrons. The second kappa shape index (κ2) is 8.44. The molecule has 0 saturated heterocycles.